The lowest BCUT2D eigenvalue weighted by molar-refractivity contribution is -0.516. The van der Waals surface area contributed by atoms with Crippen LogP contribution in [-0.2, 0) is 0 Å². The highest BCUT2D eigenvalue weighted by Crippen LogP contribution is 2.17. The highest BCUT2D eigenvalue weighted by Gasteiger charge is 2.28. The third kappa shape index (κ3) is 1.24. The zero-order valence-electron chi connectivity index (χ0n) is 7.11. The normalized spacial score (nSPS) is 10.6. The molecule has 0 aromatic carbocycles. The summed E-state index contributed by atoms with van der Waals surface area (Å²) in [4.78, 5) is 11.3. The predicted molar refractivity (Wildman–Crippen MR) is 48.6 cm³/mol. The van der Waals surface area contributed by atoms with E-state index in [9.17, 15) is 9.90 Å². The number of fused-ring (bicyclic) bond motifs is 1. The van der Waals surface area contributed by atoms with E-state index < -0.39 is 5.95 Å². The highest BCUT2D eigenvalue weighted by molar-refractivity contribution is 6.30. The summed E-state index contributed by atoms with van der Waals surface area (Å²) in [7, 11) is 0. The Bertz CT molecular complexity index is 492. The molecule has 0 bridgehead atoms. The third-order valence-corrected chi connectivity index (χ3v) is 2.10. The van der Waals surface area contributed by atoms with Crippen LogP contribution in [0, 0.1) is 0 Å². The lowest BCUT2D eigenvalue weighted by Gasteiger charge is -1.85. The zero-order valence-corrected chi connectivity index (χ0v) is 7.86. The van der Waals surface area contributed by atoms with E-state index in [1.165, 1.54) is 4.40 Å². The van der Waals surface area contributed by atoms with Gasteiger partial charge in [-0.1, -0.05) is 0 Å². The molecule has 72 valence electrons. The Labute approximate surface area is 84.3 Å². The number of halogens is 1. The molecule has 2 heterocycles. The zero-order chi connectivity index (χ0) is 10.1. The van der Waals surface area contributed by atoms with Gasteiger partial charge in [-0.3, -0.25) is 4.79 Å². The first-order valence-corrected chi connectivity index (χ1v) is 4.49. The molecule has 5 heteroatoms. The van der Waals surface area contributed by atoms with Crippen LogP contribution in [-0.4, -0.2) is 16.8 Å². The second kappa shape index (κ2) is 3.31. The van der Waals surface area contributed by atoms with Gasteiger partial charge in [0.05, 0.1) is 11.9 Å². The molecular weight excluding hydrogens is 206 g/mol. The van der Waals surface area contributed by atoms with Crippen molar-refractivity contribution in [1.29, 1.82) is 0 Å². The van der Waals surface area contributed by atoms with Crippen molar-refractivity contribution >= 4 is 23.1 Å². The number of ketones is 1. The number of hydrogen-bond donors (Lipinski definition) is 1. The monoisotopic (exact) mass is 212 g/mol. The third-order valence-electron chi connectivity index (χ3n) is 1.85. The second-order valence-electron chi connectivity index (χ2n) is 2.72. The molecule has 0 unspecified atom stereocenters. The number of carbonyl (C=O) groups is 1. The van der Waals surface area contributed by atoms with Gasteiger partial charge >= 0.3 is 17.4 Å². The van der Waals surface area contributed by atoms with Gasteiger partial charge in [0, 0.05) is 6.07 Å². The van der Waals surface area contributed by atoms with E-state index in [1.54, 1.807) is 24.4 Å². The molecule has 2 aromatic rings. The Morgan fingerprint density at radius 1 is 1.57 bits per heavy atom. The number of pyridine rings is 1. The molecule has 0 spiro atoms. The number of hydrogen-bond acceptors (Lipinski definition) is 3. The van der Waals surface area contributed by atoms with Crippen molar-refractivity contribution in [2.24, 2.45) is 0 Å². The number of aromatic hydroxyl groups is 1. The predicted octanol–water partition coefficient (Wildman–Crippen LogP) is 1.15. The topological polar surface area (TPSA) is 54.5 Å². The lowest BCUT2D eigenvalue weighted by atomic mass is 10.3. The van der Waals surface area contributed by atoms with Gasteiger partial charge in [-0.2, -0.15) is 0 Å². The molecule has 0 radical (unpaired) electrons. The minimum Gasteiger partial charge on any atom is -0.476 e. The van der Waals surface area contributed by atoms with Gasteiger partial charge in [0.15, 0.2) is 6.20 Å². The lowest BCUT2D eigenvalue weighted by Crippen LogP contribution is -2.27. The minimum atomic E-state index is -0.401. The van der Waals surface area contributed by atoms with Crippen LogP contribution in [0.2, 0.25) is 0 Å². The fraction of sp³-hybridized carbons (Fsp3) is 0.111. The highest BCUT2D eigenvalue weighted by atomic mass is 35.5. The van der Waals surface area contributed by atoms with Crippen LogP contribution in [0.3, 0.4) is 0 Å². The Morgan fingerprint density at radius 2 is 2.36 bits per heavy atom. The van der Waals surface area contributed by atoms with E-state index in [2.05, 4.69) is 0 Å². The van der Waals surface area contributed by atoms with E-state index in [1.807, 2.05) is 0 Å². The van der Waals surface area contributed by atoms with E-state index in [-0.39, 0.29) is 17.4 Å². The molecular formula is C9H7ClNO3+. The summed E-state index contributed by atoms with van der Waals surface area (Å²) in [6.07, 6.45) is 1.62. The maximum atomic E-state index is 11.3. The molecule has 0 aliphatic heterocycles. The number of nitrogens with zero attached hydrogens (tertiary/aromatic N) is 1. The Hall–Kier alpha value is -1.55. The van der Waals surface area contributed by atoms with Crippen molar-refractivity contribution in [3.8, 4) is 5.95 Å². The quantitative estimate of drug-likeness (QED) is 0.462. The van der Waals surface area contributed by atoms with E-state index in [4.69, 9.17) is 16.0 Å². The minimum absolute atomic E-state index is 0.0793. The maximum absolute atomic E-state index is 11.3. The number of carbonyl (C=O) groups excluding carboxylic acids is 1. The van der Waals surface area contributed by atoms with Crippen molar-refractivity contribution in [1.82, 2.24) is 0 Å². The molecule has 14 heavy (non-hydrogen) atoms. The number of rotatable bonds is 2. The maximum Gasteiger partial charge on any atom is 0.382 e. The molecule has 0 atom stereocenters. The van der Waals surface area contributed by atoms with Crippen LogP contribution in [0.5, 0.6) is 5.95 Å². The summed E-state index contributed by atoms with van der Waals surface area (Å²) < 4.78 is 6.42. The fourth-order valence-electron chi connectivity index (χ4n) is 1.26. The molecule has 0 fully saturated rings. The van der Waals surface area contributed by atoms with Gasteiger partial charge in [0.1, 0.15) is 0 Å². The van der Waals surface area contributed by atoms with Gasteiger partial charge in [0.2, 0.25) is 5.78 Å². The van der Waals surface area contributed by atoms with Gasteiger partial charge in [-0.15, -0.1) is 16.0 Å². The largest absolute Gasteiger partial charge is 0.476 e. The summed E-state index contributed by atoms with van der Waals surface area (Å²) in [6.45, 7) is 0. The number of alkyl halides is 1. The van der Waals surface area contributed by atoms with Crippen LogP contribution in [0.15, 0.2) is 28.8 Å². The molecule has 0 saturated carbocycles. The van der Waals surface area contributed by atoms with Gasteiger partial charge < -0.3 is 9.52 Å². The number of Topliss-reactive ketones (excluding diaryl/α,β-unsaturated/α-hetero) is 1. The van der Waals surface area contributed by atoms with E-state index in [0.29, 0.717) is 5.71 Å². The second-order valence-corrected chi connectivity index (χ2v) is 2.99. The van der Waals surface area contributed by atoms with Crippen LogP contribution < -0.4 is 4.40 Å². The van der Waals surface area contributed by atoms with Crippen LogP contribution in [0.1, 0.15) is 10.5 Å². The van der Waals surface area contributed by atoms with Crippen LogP contribution in [0.4, 0.5) is 0 Å². The first kappa shape index (κ1) is 9.02. The van der Waals surface area contributed by atoms with Gasteiger partial charge in [-0.05, 0) is 6.07 Å². The summed E-state index contributed by atoms with van der Waals surface area (Å²) in [5.41, 5.74) is 0.481. The molecule has 0 amide bonds. The Morgan fingerprint density at radius 3 is 3.07 bits per heavy atom. The summed E-state index contributed by atoms with van der Waals surface area (Å²) in [5.74, 6) is -0.967. The molecule has 0 aliphatic carbocycles. The van der Waals surface area contributed by atoms with Crippen molar-refractivity contribution in [2.45, 2.75) is 0 Å². The van der Waals surface area contributed by atoms with Crippen molar-refractivity contribution in [2.75, 3.05) is 5.88 Å². The number of aromatic nitrogens is 1. The molecule has 0 aliphatic rings. The molecule has 2 rings (SSSR count). The fourth-order valence-corrected chi connectivity index (χ4v) is 1.39. The van der Waals surface area contributed by atoms with E-state index in [0.717, 1.165) is 0 Å². The standard InChI is InChI=1S/C9H6ClNO3/c10-5-6(12)8-9(13)14-7-3-1-2-4-11(7)8/h1-4H,5H2/p+1. The Balaban J connectivity index is 2.74. The summed E-state index contributed by atoms with van der Waals surface area (Å²) in [6, 6.07) is 5.12. The van der Waals surface area contributed by atoms with Gasteiger partial charge in [-0.25, -0.2) is 0 Å². The van der Waals surface area contributed by atoms with Crippen LogP contribution >= 0.6 is 11.6 Å². The van der Waals surface area contributed by atoms with E-state index >= 15 is 0 Å². The van der Waals surface area contributed by atoms with Gasteiger partial charge in [0.25, 0.3) is 0 Å². The first-order chi connectivity index (χ1) is 6.74. The first-order valence-electron chi connectivity index (χ1n) is 3.95. The van der Waals surface area contributed by atoms with Crippen molar-refractivity contribution < 1.29 is 18.7 Å². The summed E-state index contributed by atoms with van der Waals surface area (Å²) >= 11 is 5.40. The molecule has 0 saturated heterocycles. The smallest absolute Gasteiger partial charge is 0.382 e. The summed E-state index contributed by atoms with van der Waals surface area (Å²) in [5, 5.41) is 9.37. The molecule has 4 nitrogen and oxygen atoms in total. The van der Waals surface area contributed by atoms with Crippen molar-refractivity contribution in [3.63, 3.8) is 0 Å². The Kier molecular flexibility index (Phi) is 2.13. The average molecular weight is 213 g/mol. The molecule has 1 N–H and O–H groups in total. The number of oxazole rings is 1. The SMILES string of the molecule is O=C(CCl)c1c(O)oc2cccc[n+]12. The van der Waals surface area contributed by atoms with Crippen LogP contribution in [0.25, 0.3) is 5.71 Å². The molecule has 2 aromatic heterocycles. The average Bonchev–Trinajstić information content (AvgIpc) is 2.53. The van der Waals surface area contributed by atoms with Crippen molar-refractivity contribution in [3.05, 3.63) is 30.1 Å².